The van der Waals surface area contributed by atoms with Gasteiger partial charge < -0.3 is 0 Å². The van der Waals surface area contributed by atoms with Crippen LogP contribution in [-0.2, 0) is 10.8 Å². The van der Waals surface area contributed by atoms with E-state index in [1.807, 2.05) is 0 Å². The fourth-order valence-corrected chi connectivity index (χ4v) is 10.8. The Kier molecular flexibility index (Phi) is 8.14. The highest BCUT2D eigenvalue weighted by Crippen LogP contribution is 2.59. The zero-order valence-corrected chi connectivity index (χ0v) is 34.7. The summed E-state index contributed by atoms with van der Waals surface area (Å²) in [5, 5.41) is 2.51. The molecular weight excluding hydrogens is 749 g/mol. The summed E-state index contributed by atoms with van der Waals surface area (Å²) in [4.78, 5) is 10.9. The third-order valence-corrected chi connectivity index (χ3v) is 13.6. The molecule has 292 valence electrons. The molecule has 0 radical (unpaired) electrons. The molecule has 0 fully saturated rings. The monoisotopic (exact) mass is 790 g/mol. The number of hydrogen-bond acceptors (Lipinski definition) is 2. The molecule has 0 N–H and O–H groups in total. The summed E-state index contributed by atoms with van der Waals surface area (Å²) in [5.74, 6) is 0.706. The van der Waals surface area contributed by atoms with Crippen molar-refractivity contribution in [3.8, 4) is 67.3 Å². The number of benzene rings is 9. The van der Waals surface area contributed by atoms with E-state index in [1.54, 1.807) is 0 Å². The van der Waals surface area contributed by atoms with E-state index >= 15 is 0 Å². The number of aromatic nitrogens is 2. The normalized spacial score (nSPS) is 13.9. The quantitative estimate of drug-likeness (QED) is 0.168. The highest BCUT2D eigenvalue weighted by molar-refractivity contribution is 6.01. The van der Waals surface area contributed by atoms with Crippen LogP contribution in [0.2, 0.25) is 0 Å². The van der Waals surface area contributed by atoms with E-state index in [4.69, 9.17) is 9.97 Å². The molecule has 0 atom stereocenters. The van der Waals surface area contributed by atoms with Crippen molar-refractivity contribution in [1.82, 2.24) is 9.97 Å². The number of fused-ring (bicyclic) bond motifs is 7. The zero-order chi connectivity index (χ0) is 41.4. The van der Waals surface area contributed by atoms with Crippen LogP contribution in [-0.4, -0.2) is 9.97 Å². The summed E-state index contributed by atoms with van der Waals surface area (Å²) >= 11 is 0. The molecule has 10 aromatic rings. The van der Waals surface area contributed by atoms with E-state index in [1.165, 1.54) is 72.0 Å². The second kappa shape index (κ2) is 13.9. The molecule has 2 heteroatoms. The molecule has 9 aromatic carbocycles. The molecule has 0 aliphatic heterocycles. The van der Waals surface area contributed by atoms with Crippen LogP contribution < -0.4 is 0 Å². The predicted molar refractivity (Wildman–Crippen MR) is 256 cm³/mol. The first kappa shape index (κ1) is 36.2. The highest BCUT2D eigenvalue weighted by Gasteiger charge is 2.47. The lowest BCUT2D eigenvalue weighted by atomic mass is 9.67. The van der Waals surface area contributed by atoms with Crippen molar-refractivity contribution in [2.45, 2.75) is 24.7 Å². The Morgan fingerprint density at radius 1 is 0.323 bits per heavy atom. The Bertz CT molecular complexity index is 3330. The van der Waals surface area contributed by atoms with Crippen molar-refractivity contribution < 1.29 is 0 Å². The van der Waals surface area contributed by atoms with Crippen molar-refractivity contribution in [2.75, 3.05) is 0 Å². The molecule has 0 saturated heterocycles. The molecule has 0 saturated carbocycles. The number of hydrogen-bond donors (Lipinski definition) is 0. The topological polar surface area (TPSA) is 25.8 Å². The van der Waals surface area contributed by atoms with Crippen molar-refractivity contribution in [2.24, 2.45) is 0 Å². The molecule has 2 nitrogen and oxygen atoms in total. The van der Waals surface area contributed by atoms with E-state index in [9.17, 15) is 0 Å². The lowest BCUT2D eigenvalue weighted by molar-refractivity contribution is 0.661. The molecule has 12 rings (SSSR count). The van der Waals surface area contributed by atoms with Crippen LogP contribution in [0.4, 0.5) is 0 Å². The Labute approximate surface area is 362 Å². The largest absolute Gasteiger partial charge is 0.228 e. The summed E-state index contributed by atoms with van der Waals surface area (Å²) in [6, 6.07) is 79.6. The molecule has 0 bridgehead atoms. The first-order valence-electron chi connectivity index (χ1n) is 21.6. The van der Waals surface area contributed by atoms with Gasteiger partial charge in [-0.25, -0.2) is 9.97 Å². The average molecular weight is 791 g/mol. The predicted octanol–water partition coefficient (Wildman–Crippen LogP) is 15.0. The Hall–Kier alpha value is -7.68. The molecule has 0 amide bonds. The SMILES string of the molecule is CC1(C)c2cc3ccccc3cc2-c2c(-c3cc(-c4ccccc4-c4cccc5c4-c4ccccc4C5(c4ccccc4)c4ccccc4)nc(-c4ccccc4)n3)cccc21. The first-order chi connectivity index (χ1) is 30.5. The molecule has 2 aliphatic carbocycles. The average Bonchev–Trinajstić information content (AvgIpc) is 3.77. The van der Waals surface area contributed by atoms with Gasteiger partial charge in [0.05, 0.1) is 16.8 Å². The van der Waals surface area contributed by atoms with E-state index in [-0.39, 0.29) is 5.41 Å². The molecule has 2 aliphatic rings. The minimum Gasteiger partial charge on any atom is -0.228 e. The van der Waals surface area contributed by atoms with Crippen molar-refractivity contribution in [3.05, 3.63) is 252 Å². The lowest BCUT2D eigenvalue weighted by Crippen LogP contribution is -2.28. The van der Waals surface area contributed by atoms with Crippen molar-refractivity contribution in [3.63, 3.8) is 0 Å². The third kappa shape index (κ3) is 5.29. The van der Waals surface area contributed by atoms with E-state index in [0.717, 1.165) is 33.6 Å². The van der Waals surface area contributed by atoms with Gasteiger partial charge in [-0.05, 0) is 95.7 Å². The highest BCUT2D eigenvalue weighted by atomic mass is 14.9. The maximum atomic E-state index is 5.44. The molecule has 0 spiro atoms. The first-order valence-corrected chi connectivity index (χ1v) is 21.6. The molecule has 0 unspecified atom stereocenters. The van der Waals surface area contributed by atoms with E-state index in [0.29, 0.717) is 5.82 Å². The minimum absolute atomic E-state index is 0.172. The van der Waals surface area contributed by atoms with Gasteiger partial charge in [0, 0.05) is 22.1 Å². The van der Waals surface area contributed by atoms with Gasteiger partial charge in [0.1, 0.15) is 0 Å². The van der Waals surface area contributed by atoms with Gasteiger partial charge in [-0.1, -0.05) is 214 Å². The molecule has 1 aromatic heterocycles. The third-order valence-electron chi connectivity index (χ3n) is 13.6. The minimum atomic E-state index is -0.495. The molecular formula is C60H42N2. The zero-order valence-electron chi connectivity index (χ0n) is 34.7. The maximum Gasteiger partial charge on any atom is 0.160 e. The summed E-state index contributed by atoms with van der Waals surface area (Å²) in [5.41, 5.74) is 19.4. The standard InChI is InChI=1S/C60H42N2/c1-59(2)51-34-19-32-48(57(51)49-36-40-22-12-13-23-41(40)37-53(49)59)55-38-54(61-58(62-55)39-20-6-3-7-21-39)45-29-15-14-28-44(45)46-31-18-35-52-56(46)47-30-16-17-33-50(47)60(52,42-24-8-4-9-25-42)43-26-10-5-11-27-43/h3-38H,1-2H3. The van der Waals surface area contributed by atoms with Gasteiger partial charge in [0.2, 0.25) is 0 Å². The Morgan fingerprint density at radius 2 is 0.806 bits per heavy atom. The van der Waals surface area contributed by atoms with E-state index in [2.05, 4.69) is 232 Å². The fourth-order valence-electron chi connectivity index (χ4n) is 10.8. The lowest BCUT2D eigenvalue weighted by Gasteiger charge is -2.34. The van der Waals surface area contributed by atoms with Crippen LogP contribution in [0.1, 0.15) is 47.2 Å². The second-order valence-electron chi connectivity index (χ2n) is 17.2. The maximum absolute atomic E-state index is 5.44. The van der Waals surface area contributed by atoms with Crippen LogP contribution in [0, 0.1) is 0 Å². The van der Waals surface area contributed by atoms with Gasteiger partial charge in [0.15, 0.2) is 5.82 Å². The second-order valence-corrected chi connectivity index (χ2v) is 17.2. The number of rotatable bonds is 6. The summed E-state index contributed by atoms with van der Waals surface area (Å²) < 4.78 is 0. The van der Waals surface area contributed by atoms with Crippen LogP contribution >= 0.6 is 0 Å². The van der Waals surface area contributed by atoms with Crippen LogP contribution in [0.15, 0.2) is 218 Å². The Morgan fingerprint density at radius 3 is 1.50 bits per heavy atom. The summed E-state index contributed by atoms with van der Waals surface area (Å²) in [6.07, 6.45) is 0. The number of nitrogens with zero attached hydrogens (tertiary/aromatic N) is 2. The van der Waals surface area contributed by atoms with Gasteiger partial charge in [-0.15, -0.1) is 0 Å². The van der Waals surface area contributed by atoms with Gasteiger partial charge in [0.25, 0.3) is 0 Å². The van der Waals surface area contributed by atoms with Crippen LogP contribution in [0.25, 0.3) is 78.1 Å². The summed E-state index contributed by atoms with van der Waals surface area (Å²) in [7, 11) is 0. The van der Waals surface area contributed by atoms with Crippen molar-refractivity contribution >= 4 is 10.8 Å². The van der Waals surface area contributed by atoms with Crippen LogP contribution in [0.5, 0.6) is 0 Å². The van der Waals surface area contributed by atoms with Crippen molar-refractivity contribution in [1.29, 1.82) is 0 Å². The van der Waals surface area contributed by atoms with Gasteiger partial charge in [-0.3, -0.25) is 0 Å². The van der Waals surface area contributed by atoms with Gasteiger partial charge in [-0.2, -0.15) is 0 Å². The van der Waals surface area contributed by atoms with Crippen LogP contribution in [0.3, 0.4) is 0 Å². The fraction of sp³-hybridized carbons (Fsp3) is 0.0667. The Balaban J connectivity index is 1.11. The smallest absolute Gasteiger partial charge is 0.160 e. The molecule has 1 heterocycles. The van der Waals surface area contributed by atoms with Gasteiger partial charge >= 0.3 is 0 Å². The summed E-state index contributed by atoms with van der Waals surface area (Å²) in [6.45, 7) is 4.71. The van der Waals surface area contributed by atoms with E-state index < -0.39 is 5.41 Å². The molecule has 62 heavy (non-hydrogen) atoms.